The van der Waals surface area contributed by atoms with E-state index in [2.05, 4.69) is 0 Å². The predicted molar refractivity (Wildman–Crippen MR) is 52.3 cm³/mol. The van der Waals surface area contributed by atoms with E-state index in [1.54, 1.807) is 0 Å². The molecular formula is H25Cl4Na21. The van der Waals surface area contributed by atoms with Gasteiger partial charge >= 0.3 is 621 Å². The van der Waals surface area contributed by atoms with E-state index < -0.39 is 0 Å². The molecule has 0 aromatic rings. The Morgan fingerprint density at radius 3 is 0.120 bits per heavy atom. The molecule has 0 atom stereocenters. The molecule has 0 bridgehead atoms. The molecular weight excluding hydrogens is 625 g/mol. The van der Waals surface area contributed by atoms with Gasteiger partial charge in [0, 0.05) is 0 Å². The third-order valence-electron chi connectivity index (χ3n) is 0. The van der Waals surface area contributed by atoms with Gasteiger partial charge in [-0.3, -0.25) is 0 Å². The molecule has 25 heteroatoms. The van der Waals surface area contributed by atoms with Gasteiger partial charge in [-0.2, -0.15) is 0 Å². The van der Waals surface area contributed by atoms with Gasteiger partial charge in [-0.05, 0) is 0 Å². The number of rotatable bonds is 0. The smallest absolute Gasteiger partial charge is 1.00 e. The molecule has 0 spiro atoms. The van der Waals surface area contributed by atoms with E-state index in [4.69, 9.17) is 0 Å². The molecule has 0 aliphatic heterocycles. The fourth-order valence-electron chi connectivity index (χ4n) is 0. The van der Waals surface area contributed by atoms with Crippen molar-refractivity contribution in [2.45, 2.75) is 0 Å². The molecule has 0 rings (SSSR count). The van der Waals surface area contributed by atoms with E-state index in [0.717, 1.165) is 0 Å². The molecule has 0 aliphatic rings. The van der Waals surface area contributed by atoms with Crippen LogP contribution in [-0.2, 0) is 0 Å². The van der Waals surface area contributed by atoms with Crippen LogP contribution in [0.2, 0.25) is 0 Å². The first-order chi connectivity index (χ1) is 0. The van der Waals surface area contributed by atoms with Crippen LogP contribution in [0.1, 0.15) is 30.0 Å². The monoisotopic (exact) mass is 648 g/mol. The summed E-state index contributed by atoms with van der Waals surface area (Å²) in [4.78, 5) is 0. The molecule has 0 saturated carbocycles. The van der Waals surface area contributed by atoms with Crippen molar-refractivity contribution < 1.29 is 651 Å². The summed E-state index contributed by atoms with van der Waals surface area (Å²) in [5.74, 6) is 0. The number of halogens is 4. The van der Waals surface area contributed by atoms with Crippen LogP contribution in [0.4, 0.5) is 0 Å². The largest absolute Gasteiger partial charge is 1.00 e. The van der Waals surface area contributed by atoms with Crippen molar-refractivity contribution in [3.63, 3.8) is 0 Å². The second-order valence-corrected chi connectivity index (χ2v) is 0. The molecule has 0 unspecified atom stereocenters. The first-order valence-electron chi connectivity index (χ1n) is 0. The maximum absolute atomic E-state index is 0. The van der Waals surface area contributed by atoms with Crippen LogP contribution in [0.25, 0.3) is 0 Å². The third kappa shape index (κ3) is 183. The van der Waals surface area contributed by atoms with Crippen LogP contribution in [0.15, 0.2) is 0 Å². The van der Waals surface area contributed by atoms with Gasteiger partial charge in [0.05, 0.1) is 0 Å². The third-order valence-corrected chi connectivity index (χ3v) is 0. The predicted octanol–water partition coefficient (Wildman–Crippen LogP) is -58.9. The number of hydrogen-bond donors (Lipinski definition) is 0. The fraction of sp³-hybridized carbons (Fsp3) is 0. The Morgan fingerprint density at radius 2 is 0.120 bits per heavy atom. The van der Waals surface area contributed by atoms with Gasteiger partial charge in [-0.25, -0.2) is 0 Å². The van der Waals surface area contributed by atoms with Crippen molar-refractivity contribution in [1.82, 2.24) is 0 Å². The normalized spacial score (nSPS) is 0. The minimum Gasteiger partial charge on any atom is -1.00 e. The molecule has 0 heterocycles. The zero-order valence-electron chi connectivity index (χ0n) is 43.6. The Bertz CT molecular complexity index is 61.6. The topological polar surface area (TPSA) is 0 Å². The second kappa shape index (κ2) is 192. The molecule has 0 aromatic carbocycles. The second-order valence-electron chi connectivity index (χ2n) is 0. The summed E-state index contributed by atoms with van der Waals surface area (Å²) < 4.78 is 0. The standard InChI is InChI=1S/4ClH.21Na.21H/h4*1H;;;;;;;;;;;;;;;;;;;;;;;;;;;;;;;;;;;;;;;;;;/q;;;;21*+1;21*-1. The van der Waals surface area contributed by atoms with E-state index >= 15 is 0 Å². The van der Waals surface area contributed by atoms with Crippen LogP contribution >= 0.6 is 49.6 Å². The molecule has 25 heavy (non-hydrogen) atoms. The molecule has 0 saturated heterocycles. The van der Waals surface area contributed by atoms with Crippen LogP contribution in [0, 0.1) is 0 Å². The summed E-state index contributed by atoms with van der Waals surface area (Å²) in [5, 5.41) is 0. The van der Waals surface area contributed by atoms with Gasteiger partial charge in [0.2, 0.25) is 0 Å². The van der Waals surface area contributed by atoms with Gasteiger partial charge in [0.15, 0.2) is 0 Å². The number of hydrogen-bond acceptors (Lipinski definition) is 0. The Kier molecular flexibility index (Phi) is 1570. The van der Waals surface area contributed by atoms with Crippen molar-refractivity contribution in [3.05, 3.63) is 0 Å². The zero-order chi connectivity index (χ0) is 0. The SMILES string of the molecule is Cl.Cl.Cl.Cl.[H-].[H-].[H-].[H-].[H-].[H-].[H-].[H-].[H-].[H-].[H-].[H-].[H-].[H-].[H-].[H-].[H-].[H-].[H-].[H-].[H-].[Na+].[Na+].[Na+].[Na+].[Na+].[Na+].[Na+].[Na+].[Na+].[Na+].[Na+].[Na+].[Na+].[Na+].[Na+].[Na+].[Na+].[Na+].[Na+].[Na+].[Na+]. The fourth-order valence-corrected chi connectivity index (χ4v) is 0. The average Bonchev–Trinajstić information content (AvgIpc) is 0. The first-order valence-corrected chi connectivity index (χ1v) is 0. The maximum Gasteiger partial charge on any atom is 1.00 e. The van der Waals surface area contributed by atoms with Gasteiger partial charge in [0.1, 0.15) is 0 Å². The van der Waals surface area contributed by atoms with Gasteiger partial charge < -0.3 is 30.0 Å². The van der Waals surface area contributed by atoms with Gasteiger partial charge in [-0.1, -0.05) is 0 Å². The van der Waals surface area contributed by atoms with Crippen LogP contribution in [-0.4, -0.2) is 0 Å². The van der Waals surface area contributed by atoms with Crippen molar-refractivity contribution in [2.24, 2.45) is 0 Å². The summed E-state index contributed by atoms with van der Waals surface area (Å²) in [5.41, 5.74) is 0. The minimum atomic E-state index is 0. The van der Waals surface area contributed by atoms with E-state index in [1.165, 1.54) is 0 Å². The summed E-state index contributed by atoms with van der Waals surface area (Å²) in [7, 11) is 0. The van der Waals surface area contributed by atoms with Gasteiger partial charge in [0.25, 0.3) is 0 Å². The summed E-state index contributed by atoms with van der Waals surface area (Å²) in [6.07, 6.45) is 0. The minimum absolute atomic E-state index is 0. The van der Waals surface area contributed by atoms with Crippen molar-refractivity contribution in [2.75, 3.05) is 0 Å². The maximum atomic E-state index is 0. The van der Waals surface area contributed by atoms with E-state index in [9.17, 15) is 0 Å². The molecule has 0 N–H and O–H groups in total. The first kappa shape index (κ1) is 205. The molecule has 0 fully saturated rings. The summed E-state index contributed by atoms with van der Waals surface area (Å²) >= 11 is 0. The molecule has 0 aliphatic carbocycles. The molecule has 74 valence electrons. The van der Waals surface area contributed by atoms with E-state index in [0.29, 0.717) is 0 Å². The Balaban J connectivity index is 0. The molecule has 0 amide bonds. The summed E-state index contributed by atoms with van der Waals surface area (Å²) in [6.45, 7) is 0. The Hall–Kier alpha value is 22.2. The molecule has 0 aromatic heterocycles. The zero-order valence-corrected chi connectivity index (χ0v) is 67.9. The van der Waals surface area contributed by atoms with Crippen molar-refractivity contribution in [1.29, 1.82) is 0 Å². The van der Waals surface area contributed by atoms with Crippen molar-refractivity contribution >= 4 is 49.6 Å². The van der Waals surface area contributed by atoms with E-state index in [1.807, 2.05) is 0 Å². The van der Waals surface area contributed by atoms with E-state index in [-0.39, 0.29) is 700 Å². The molecule has 0 radical (unpaired) electrons. The Morgan fingerprint density at radius 1 is 0.120 bits per heavy atom. The molecule has 0 nitrogen and oxygen atoms in total. The van der Waals surface area contributed by atoms with Crippen LogP contribution in [0.3, 0.4) is 0 Å². The Labute approximate surface area is 678 Å². The van der Waals surface area contributed by atoms with Crippen LogP contribution < -0.4 is 621 Å². The summed E-state index contributed by atoms with van der Waals surface area (Å²) in [6, 6.07) is 0. The van der Waals surface area contributed by atoms with Crippen LogP contribution in [0.5, 0.6) is 0 Å². The van der Waals surface area contributed by atoms with Crippen molar-refractivity contribution in [3.8, 4) is 0 Å². The quantitative estimate of drug-likeness (QED) is 0.229. The average molecular weight is 650 g/mol. The van der Waals surface area contributed by atoms with Gasteiger partial charge in [-0.15, -0.1) is 49.6 Å².